The van der Waals surface area contributed by atoms with Crippen molar-refractivity contribution in [2.75, 3.05) is 5.32 Å². The van der Waals surface area contributed by atoms with Crippen LogP contribution in [0.1, 0.15) is 26.2 Å². The zero-order valence-electron chi connectivity index (χ0n) is 9.73. The van der Waals surface area contributed by atoms with Gasteiger partial charge in [0.2, 0.25) is 5.95 Å². The average Bonchev–Trinajstić information content (AvgIpc) is 2.55. The molecule has 2 aromatic rings. The van der Waals surface area contributed by atoms with Crippen molar-refractivity contribution in [1.82, 2.24) is 14.6 Å². The van der Waals surface area contributed by atoms with Crippen molar-refractivity contribution in [2.45, 2.75) is 32.2 Å². The molecule has 1 fully saturated rings. The van der Waals surface area contributed by atoms with Gasteiger partial charge in [-0.25, -0.2) is 4.52 Å². The number of fused-ring (bicyclic) bond motifs is 1. The molecule has 2 heterocycles. The molecule has 1 saturated carbocycles. The summed E-state index contributed by atoms with van der Waals surface area (Å²) in [6.45, 7) is 2.21. The van der Waals surface area contributed by atoms with E-state index in [1.807, 2.05) is 18.3 Å². The van der Waals surface area contributed by atoms with Gasteiger partial charge in [0.1, 0.15) is 0 Å². The Morgan fingerprint density at radius 3 is 3.00 bits per heavy atom. The highest BCUT2D eigenvalue weighted by Crippen LogP contribution is 2.30. The summed E-state index contributed by atoms with van der Waals surface area (Å²) in [7, 11) is 0. The van der Waals surface area contributed by atoms with Gasteiger partial charge in [-0.3, -0.25) is 0 Å². The van der Waals surface area contributed by atoms with Gasteiger partial charge in [-0.05, 0) is 53.7 Å². The summed E-state index contributed by atoms with van der Waals surface area (Å²) < 4.78 is 2.80. The first-order valence-corrected chi connectivity index (χ1v) is 6.80. The molecule has 1 N–H and O–H groups in total. The second-order valence-corrected chi connectivity index (χ2v) is 5.63. The predicted molar refractivity (Wildman–Crippen MR) is 71.1 cm³/mol. The fourth-order valence-corrected chi connectivity index (χ4v) is 2.51. The van der Waals surface area contributed by atoms with Crippen LogP contribution in [0.3, 0.4) is 0 Å². The molecule has 4 nitrogen and oxygen atoms in total. The summed E-state index contributed by atoms with van der Waals surface area (Å²) in [6, 6.07) is 4.39. The second-order valence-electron chi connectivity index (χ2n) is 4.71. The van der Waals surface area contributed by atoms with E-state index < -0.39 is 0 Å². The van der Waals surface area contributed by atoms with E-state index >= 15 is 0 Å². The monoisotopic (exact) mass is 294 g/mol. The summed E-state index contributed by atoms with van der Waals surface area (Å²) in [5, 5.41) is 7.81. The highest BCUT2D eigenvalue weighted by molar-refractivity contribution is 9.10. The lowest BCUT2D eigenvalue weighted by molar-refractivity contribution is 0.284. The molecule has 0 aliphatic heterocycles. The van der Waals surface area contributed by atoms with E-state index in [9.17, 15) is 0 Å². The Hall–Kier alpha value is -1.10. The minimum absolute atomic E-state index is 0.463. The number of halogens is 1. The van der Waals surface area contributed by atoms with Crippen molar-refractivity contribution in [3.05, 3.63) is 22.8 Å². The van der Waals surface area contributed by atoms with Crippen LogP contribution in [0.25, 0.3) is 5.65 Å². The Bertz CT molecular complexity index is 532. The maximum atomic E-state index is 4.45. The SMILES string of the molecule is CC(Nc1nc2ccc(Br)cn2n1)C1CCC1. The molecular weight excluding hydrogens is 280 g/mol. The topological polar surface area (TPSA) is 42.2 Å². The maximum absolute atomic E-state index is 4.45. The van der Waals surface area contributed by atoms with E-state index in [2.05, 4.69) is 38.3 Å². The number of anilines is 1. The molecule has 1 aliphatic rings. The van der Waals surface area contributed by atoms with Crippen molar-refractivity contribution in [2.24, 2.45) is 5.92 Å². The zero-order valence-corrected chi connectivity index (χ0v) is 11.3. The van der Waals surface area contributed by atoms with Crippen LogP contribution in [0.4, 0.5) is 5.95 Å². The molecule has 1 atom stereocenters. The van der Waals surface area contributed by atoms with Crippen LogP contribution < -0.4 is 5.32 Å². The number of nitrogens with zero attached hydrogens (tertiary/aromatic N) is 3. The summed E-state index contributed by atoms with van der Waals surface area (Å²) in [6.07, 6.45) is 5.93. The number of pyridine rings is 1. The fraction of sp³-hybridized carbons (Fsp3) is 0.500. The van der Waals surface area contributed by atoms with Gasteiger partial charge in [0.15, 0.2) is 5.65 Å². The van der Waals surface area contributed by atoms with Crippen LogP contribution in [0, 0.1) is 5.92 Å². The Labute approximate surface area is 109 Å². The van der Waals surface area contributed by atoms with Crippen molar-refractivity contribution in [3.63, 3.8) is 0 Å². The molecular formula is C12H15BrN4. The molecule has 2 aromatic heterocycles. The minimum atomic E-state index is 0.463. The molecule has 0 spiro atoms. The van der Waals surface area contributed by atoms with Crippen LogP contribution in [0.2, 0.25) is 0 Å². The van der Waals surface area contributed by atoms with E-state index in [-0.39, 0.29) is 0 Å². The highest BCUT2D eigenvalue weighted by Gasteiger charge is 2.24. The van der Waals surface area contributed by atoms with E-state index in [1.54, 1.807) is 4.52 Å². The van der Waals surface area contributed by atoms with E-state index in [0.717, 1.165) is 22.0 Å². The van der Waals surface area contributed by atoms with Crippen molar-refractivity contribution < 1.29 is 0 Å². The van der Waals surface area contributed by atoms with Gasteiger partial charge in [-0.1, -0.05) is 6.42 Å². The number of hydrogen-bond donors (Lipinski definition) is 1. The second kappa shape index (κ2) is 4.29. The molecule has 3 rings (SSSR count). The first-order valence-electron chi connectivity index (χ1n) is 6.01. The first kappa shape index (κ1) is 11.0. The average molecular weight is 295 g/mol. The smallest absolute Gasteiger partial charge is 0.243 e. The molecule has 0 bridgehead atoms. The first-order chi connectivity index (χ1) is 8.22. The van der Waals surface area contributed by atoms with Crippen molar-refractivity contribution >= 4 is 27.5 Å². The normalized spacial score (nSPS) is 18.0. The van der Waals surface area contributed by atoms with E-state index in [4.69, 9.17) is 0 Å². The van der Waals surface area contributed by atoms with Gasteiger partial charge in [0.05, 0.1) is 0 Å². The standard InChI is InChI=1S/C12H15BrN4/c1-8(9-3-2-4-9)14-12-15-11-6-5-10(13)7-17(11)16-12/h5-9H,2-4H2,1H3,(H,14,16). The van der Waals surface area contributed by atoms with Gasteiger partial charge in [-0.15, -0.1) is 5.10 Å². The molecule has 0 saturated heterocycles. The largest absolute Gasteiger partial charge is 0.350 e. The summed E-state index contributed by atoms with van der Waals surface area (Å²) >= 11 is 3.43. The quantitative estimate of drug-likeness (QED) is 0.946. The number of hydrogen-bond acceptors (Lipinski definition) is 3. The number of nitrogens with one attached hydrogen (secondary N) is 1. The van der Waals surface area contributed by atoms with Gasteiger partial charge in [0, 0.05) is 16.7 Å². The molecule has 0 radical (unpaired) electrons. The lowest BCUT2D eigenvalue weighted by atomic mass is 9.80. The molecule has 1 unspecified atom stereocenters. The van der Waals surface area contributed by atoms with E-state index in [1.165, 1.54) is 19.3 Å². The van der Waals surface area contributed by atoms with Crippen LogP contribution in [0.5, 0.6) is 0 Å². The maximum Gasteiger partial charge on any atom is 0.243 e. The third kappa shape index (κ3) is 2.16. The zero-order chi connectivity index (χ0) is 11.8. The van der Waals surface area contributed by atoms with Crippen LogP contribution in [-0.4, -0.2) is 20.6 Å². The van der Waals surface area contributed by atoms with Gasteiger partial charge in [0.25, 0.3) is 0 Å². The Kier molecular flexibility index (Phi) is 2.78. The van der Waals surface area contributed by atoms with Crippen LogP contribution in [-0.2, 0) is 0 Å². The molecule has 90 valence electrons. The molecule has 1 aliphatic carbocycles. The molecule has 0 aromatic carbocycles. The summed E-state index contributed by atoms with van der Waals surface area (Å²) in [5.74, 6) is 1.51. The lowest BCUT2D eigenvalue weighted by Crippen LogP contribution is -2.31. The number of aromatic nitrogens is 3. The minimum Gasteiger partial charge on any atom is -0.350 e. The summed E-state index contributed by atoms with van der Waals surface area (Å²) in [4.78, 5) is 4.45. The van der Waals surface area contributed by atoms with Crippen molar-refractivity contribution in [3.8, 4) is 0 Å². The van der Waals surface area contributed by atoms with Crippen molar-refractivity contribution in [1.29, 1.82) is 0 Å². The van der Waals surface area contributed by atoms with E-state index in [0.29, 0.717) is 6.04 Å². The molecule has 17 heavy (non-hydrogen) atoms. The van der Waals surface area contributed by atoms with Gasteiger partial charge in [-0.2, -0.15) is 4.98 Å². The summed E-state index contributed by atoms with van der Waals surface area (Å²) in [5.41, 5.74) is 0.872. The highest BCUT2D eigenvalue weighted by atomic mass is 79.9. The van der Waals surface area contributed by atoms with Crippen LogP contribution >= 0.6 is 15.9 Å². The third-order valence-corrected chi connectivity index (χ3v) is 3.98. The fourth-order valence-electron chi connectivity index (χ4n) is 2.18. The Balaban J connectivity index is 1.80. The number of rotatable bonds is 3. The van der Waals surface area contributed by atoms with Gasteiger partial charge < -0.3 is 5.32 Å². The Morgan fingerprint density at radius 2 is 2.29 bits per heavy atom. The Morgan fingerprint density at radius 1 is 1.47 bits per heavy atom. The lowest BCUT2D eigenvalue weighted by Gasteiger charge is -2.31. The third-order valence-electron chi connectivity index (χ3n) is 3.51. The predicted octanol–water partition coefficient (Wildman–Crippen LogP) is 3.09. The molecule has 5 heteroatoms. The van der Waals surface area contributed by atoms with Gasteiger partial charge >= 0.3 is 0 Å². The van der Waals surface area contributed by atoms with Crippen LogP contribution in [0.15, 0.2) is 22.8 Å². The molecule has 0 amide bonds.